The summed E-state index contributed by atoms with van der Waals surface area (Å²) in [6, 6.07) is 3.59. The van der Waals surface area contributed by atoms with Gasteiger partial charge in [-0.05, 0) is 47.5 Å². The summed E-state index contributed by atoms with van der Waals surface area (Å²) in [6.45, 7) is 3.76. The zero-order chi connectivity index (χ0) is 11.2. The molecule has 1 N–H and O–H groups in total. The Balaban J connectivity index is 2.73. The molecule has 0 amide bonds. The Morgan fingerprint density at radius 3 is 2.80 bits per heavy atom. The van der Waals surface area contributed by atoms with Gasteiger partial charge in [-0.15, -0.1) is 0 Å². The average molecular weight is 290 g/mol. The quantitative estimate of drug-likeness (QED) is 0.797. The summed E-state index contributed by atoms with van der Waals surface area (Å²) in [5, 5.41) is 3.18. The number of sulfone groups is 1. The number of hydrogen-bond donors (Lipinski definition) is 1. The molecule has 1 heterocycles. The van der Waals surface area contributed by atoms with Crippen molar-refractivity contribution >= 4 is 31.5 Å². The highest BCUT2D eigenvalue weighted by Crippen LogP contribution is 2.35. The average Bonchev–Trinajstić information content (AvgIpc) is 2.06. The minimum absolute atomic E-state index is 0.0403. The third-order valence-electron chi connectivity index (χ3n) is 2.39. The first-order valence-corrected chi connectivity index (χ1v) is 7.14. The summed E-state index contributed by atoms with van der Waals surface area (Å²) in [6.07, 6.45) is 0. The van der Waals surface area contributed by atoms with Crippen molar-refractivity contribution in [1.82, 2.24) is 0 Å². The topological polar surface area (TPSA) is 46.2 Å². The molecule has 0 fully saturated rings. The van der Waals surface area contributed by atoms with Gasteiger partial charge in [0.25, 0.3) is 0 Å². The maximum Gasteiger partial charge on any atom is 0.182 e. The van der Waals surface area contributed by atoms with Crippen LogP contribution in [0.1, 0.15) is 12.5 Å². The van der Waals surface area contributed by atoms with Crippen LogP contribution in [0.2, 0.25) is 0 Å². The van der Waals surface area contributed by atoms with Crippen molar-refractivity contribution in [1.29, 1.82) is 0 Å². The van der Waals surface area contributed by atoms with E-state index in [4.69, 9.17) is 0 Å². The molecule has 0 bridgehead atoms. The first kappa shape index (κ1) is 11.0. The van der Waals surface area contributed by atoms with Gasteiger partial charge >= 0.3 is 0 Å². The lowest BCUT2D eigenvalue weighted by Gasteiger charge is -2.25. The monoisotopic (exact) mass is 289 g/mol. The van der Waals surface area contributed by atoms with Crippen molar-refractivity contribution in [3.63, 3.8) is 0 Å². The highest BCUT2D eigenvalue weighted by Gasteiger charge is 2.29. The number of fused-ring (bicyclic) bond motifs is 1. The number of nitrogens with one attached hydrogen (secondary N) is 1. The molecule has 2 rings (SSSR count). The van der Waals surface area contributed by atoms with Gasteiger partial charge in [0.1, 0.15) is 0 Å². The van der Waals surface area contributed by atoms with Crippen molar-refractivity contribution in [2.24, 2.45) is 0 Å². The van der Waals surface area contributed by atoms with Crippen LogP contribution in [0.4, 0.5) is 5.69 Å². The SMILES string of the molecule is Cc1cc(Br)c2c(c1)S(=O)(=O)CC(C)N2. The number of anilines is 1. The standard InChI is InChI=1S/C10H12BrNO2S/c1-6-3-8(11)10-9(4-6)15(13,14)5-7(2)12-10/h3-4,7,12H,5H2,1-2H3. The van der Waals surface area contributed by atoms with E-state index in [0.29, 0.717) is 10.6 Å². The lowest BCUT2D eigenvalue weighted by molar-refractivity contribution is 0.588. The maximum absolute atomic E-state index is 11.9. The first-order chi connectivity index (χ1) is 6.90. The fraction of sp³-hybridized carbons (Fsp3) is 0.400. The summed E-state index contributed by atoms with van der Waals surface area (Å²) in [4.78, 5) is 0.410. The molecule has 0 aromatic heterocycles. The molecule has 1 aromatic rings. The number of rotatable bonds is 0. The zero-order valence-corrected chi connectivity index (χ0v) is 10.9. The van der Waals surface area contributed by atoms with Gasteiger partial charge in [-0.3, -0.25) is 0 Å². The molecule has 0 saturated carbocycles. The summed E-state index contributed by atoms with van der Waals surface area (Å²) in [7, 11) is -3.13. The van der Waals surface area contributed by atoms with Gasteiger partial charge in [0.05, 0.1) is 16.3 Å². The maximum atomic E-state index is 11.9. The lowest BCUT2D eigenvalue weighted by atomic mass is 10.2. The van der Waals surface area contributed by atoms with Crippen LogP contribution in [-0.4, -0.2) is 20.2 Å². The predicted molar refractivity (Wildman–Crippen MR) is 64.0 cm³/mol. The molecule has 1 unspecified atom stereocenters. The van der Waals surface area contributed by atoms with Gasteiger partial charge in [0.2, 0.25) is 0 Å². The van der Waals surface area contributed by atoms with E-state index in [1.807, 2.05) is 19.9 Å². The molecule has 1 aliphatic heterocycles. The van der Waals surface area contributed by atoms with Gasteiger partial charge < -0.3 is 5.32 Å². The molecular weight excluding hydrogens is 278 g/mol. The summed E-state index contributed by atoms with van der Waals surface area (Å²) >= 11 is 3.39. The van der Waals surface area contributed by atoms with Gasteiger partial charge in [-0.1, -0.05) is 0 Å². The van der Waals surface area contributed by atoms with Gasteiger partial charge in [0.15, 0.2) is 9.84 Å². The van der Waals surface area contributed by atoms with Crippen LogP contribution in [0.5, 0.6) is 0 Å². The molecule has 3 nitrogen and oxygen atoms in total. The van der Waals surface area contributed by atoms with Crippen LogP contribution < -0.4 is 5.32 Å². The molecule has 5 heteroatoms. The molecular formula is C10H12BrNO2S. The molecule has 0 radical (unpaired) electrons. The fourth-order valence-electron chi connectivity index (χ4n) is 1.80. The molecule has 0 spiro atoms. The third kappa shape index (κ3) is 1.90. The van der Waals surface area contributed by atoms with Crippen LogP contribution in [0.3, 0.4) is 0 Å². The Kier molecular flexibility index (Phi) is 2.55. The van der Waals surface area contributed by atoms with Crippen LogP contribution >= 0.6 is 15.9 Å². The first-order valence-electron chi connectivity index (χ1n) is 4.69. The second-order valence-corrected chi connectivity index (χ2v) is 6.80. The highest BCUT2D eigenvalue weighted by atomic mass is 79.9. The van der Waals surface area contributed by atoms with Gasteiger partial charge in [0, 0.05) is 10.5 Å². The fourth-order valence-corrected chi connectivity index (χ4v) is 4.39. The van der Waals surface area contributed by atoms with Crippen molar-refractivity contribution in [3.8, 4) is 0 Å². The van der Waals surface area contributed by atoms with Gasteiger partial charge in [-0.25, -0.2) is 8.42 Å². The summed E-state index contributed by atoms with van der Waals surface area (Å²) in [5.74, 6) is 0.163. The van der Waals surface area contributed by atoms with Crippen molar-refractivity contribution in [2.45, 2.75) is 24.8 Å². The number of halogens is 1. The molecule has 15 heavy (non-hydrogen) atoms. The van der Waals surface area contributed by atoms with Crippen LogP contribution in [-0.2, 0) is 9.84 Å². The predicted octanol–water partition coefficient (Wildman–Crippen LogP) is 2.35. The van der Waals surface area contributed by atoms with E-state index in [9.17, 15) is 8.42 Å². The number of aryl methyl sites for hydroxylation is 1. The van der Waals surface area contributed by atoms with E-state index in [-0.39, 0.29) is 11.8 Å². The lowest BCUT2D eigenvalue weighted by Crippen LogP contribution is -2.32. The van der Waals surface area contributed by atoms with Crippen LogP contribution in [0, 0.1) is 6.92 Å². The van der Waals surface area contributed by atoms with Crippen LogP contribution in [0.25, 0.3) is 0 Å². The Morgan fingerprint density at radius 2 is 2.13 bits per heavy atom. The van der Waals surface area contributed by atoms with Crippen molar-refractivity contribution in [2.75, 3.05) is 11.1 Å². The van der Waals surface area contributed by atoms with Crippen molar-refractivity contribution < 1.29 is 8.42 Å². The van der Waals surface area contributed by atoms with E-state index >= 15 is 0 Å². The van der Waals surface area contributed by atoms with E-state index in [2.05, 4.69) is 21.2 Å². The molecule has 1 aliphatic rings. The van der Waals surface area contributed by atoms with E-state index in [0.717, 1.165) is 10.0 Å². The molecule has 1 aromatic carbocycles. The summed E-state index contributed by atoms with van der Waals surface area (Å²) in [5.41, 5.74) is 1.64. The minimum Gasteiger partial charge on any atom is -0.380 e. The molecule has 1 atom stereocenters. The number of benzene rings is 1. The summed E-state index contributed by atoms with van der Waals surface area (Å²) < 4.78 is 24.7. The van der Waals surface area contributed by atoms with Crippen molar-refractivity contribution in [3.05, 3.63) is 22.2 Å². The smallest absolute Gasteiger partial charge is 0.182 e. The molecule has 0 saturated heterocycles. The largest absolute Gasteiger partial charge is 0.380 e. The normalized spacial score (nSPS) is 23.0. The Labute approximate surface area is 97.9 Å². The second-order valence-electron chi connectivity index (χ2n) is 3.95. The minimum atomic E-state index is -3.13. The van der Waals surface area contributed by atoms with E-state index in [1.165, 1.54) is 0 Å². The Hall–Kier alpha value is -0.550. The van der Waals surface area contributed by atoms with Crippen LogP contribution in [0.15, 0.2) is 21.5 Å². The third-order valence-corrected chi connectivity index (χ3v) is 4.95. The second kappa shape index (κ2) is 3.49. The number of hydrogen-bond acceptors (Lipinski definition) is 3. The van der Waals surface area contributed by atoms with Gasteiger partial charge in [-0.2, -0.15) is 0 Å². The highest BCUT2D eigenvalue weighted by molar-refractivity contribution is 9.10. The van der Waals surface area contributed by atoms with E-state index in [1.54, 1.807) is 6.07 Å². The molecule has 0 aliphatic carbocycles. The molecule has 82 valence electrons. The Bertz CT molecular complexity index is 510. The van der Waals surface area contributed by atoms with E-state index < -0.39 is 9.84 Å². The Morgan fingerprint density at radius 1 is 1.47 bits per heavy atom. The zero-order valence-electron chi connectivity index (χ0n) is 8.54.